The van der Waals surface area contributed by atoms with Gasteiger partial charge in [-0.25, -0.2) is 0 Å². The van der Waals surface area contributed by atoms with Crippen LogP contribution in [0.25, 0.3) is 0 Å². The highest BCUT2D eigenvalue weighted by Gasteiger charge is 2.18. The minimum absolute atomic E-state index is 0.644. The van der Waals surface area contributed by atoms with Crippen molar-refractivity contribution in [3.05, 3.63) is 57.5 Å². The minimum atomic E-state index is 0.644. The monoisotopic (exact) mass is 555 g/mol. The molecule has 0 saturated carbocycles. The summed E-state index contributed by atoms with van der Waals surface area (Å²) in [4.78, 5) is 4.65. The lowest BCUT2D eigenvalue weighted by molar-refractivity contribution is 0.186. The van der Waals surface area contributed by atoms with E-state index in [1.54, 1.807) is 0 Å². The number of piperazine rings is 1. The second-order valence-corrected chi connectivity index (χ2v) is 9.28. The number of nitrogens with zero attached hydrogens (tertiary/aromatic N) is 2. The molecule has 0 amide bonds. The standard InChI is InChI=1S/C20H23Br2N5S2/c21-15-1-5-17(6-2-15)24-19(28)23-9-10-26-11-13-27(14-12-26)20(29)25-18-7-3-16(22)4-8-18/h1-8H,9-14H2,(H,25,29)(H2,23,24,28). The summed E-state index contributed by atoms with van der Waals surface area (Å²) in [6.45, 7) is 5.56. The summed E-state index contributed by atoms with van der Waals surface area (Å²) in [6.07, 6.45) is 0. The predicted molar refractivity (Wildman–Crippen MR) is 137 cm³/mol. The van der Waals surface area contributed by atoms with Crippen LogP contribution in [0.4, 0.5) is 11.4 Å². The topological polar surface area (TPSA) is 42.6 Å². The smallest absolute Gasteiger partial charge is 0.173 e. The second kappa shape index (κ2) is 11.2. The van der Waals surface area contributed by atoms with Gasteiger partial charge in [-0.1, -0.05) is 31.9 Å². The third kappa shape index (κ3) is 7.49. The molecular weight excluding hydrogens is 534 g/mol. The van der Waals surface area contributed by atoms with Crippen LogP contribution in [-0.4, -0.2) is 59.3 Å². The Hall–Kier alpha value is -1.26. The van der Waals surface area contributed by atoms with Crippen molar-refractivity contribution in [2.75, 3.05) is 49.9 Å². The number of hydrogen-bond acceptors (Lipinski definition) is 3. The molecule has 0 spiro atoms. The number of benzene rings is 2. The fourth-order valence-electron chi connectivity index (χ4n) is 2.95. The normalized spacial score (nSPS) is 14.3. The molecule has 0 aliphatic carbocycles. The molecule has 3 N–H and O–H groups in total. The maximum atomic E-state index is 5.56. The molecule has 154 valence electrons. The van der Waals surface area contributed by atoms with Gasteiger partial charge in [0.05, 0.1) is 0 Å². The molecule has 1 fully saturated rings. The number of anilines is 2. The lowest BCUT2D eigenvalue weighted by Gasteiger charge is -2.36. The molecule has 1 heterocycles. The Morgan fingerprint density at radius 3 is 1.86 bits per heavy atom. The molecule has 0 bridgehead atoms. The predicted octanol–water partition coefficient (Wildman–Crippen LogP) is 4.51. The SMILES string of the molecule is S=C(NCCN1CCN(C(=S)Nc2ccc(Br)cc2)CC1)Nc1ccc(Br)cc1. The van der Waals surface area contributed by atoms with Gasteiger partial charge in [0.2, 0.25) is 0 Å². The van der Waals surface area contributed by atoms with Crippen LogP contribution < -0.4 is 16.0 Å². The summed E-state index contributed by atoms with van der Waals surface area (Å²) in [5, 5.41) is 11.2. The molecule has 1 saturated heterocycles. The van der Waals surface area contributed by atoms with E-state index in [9.17, 15) is 0 Å². The van der Waals surface area contributed by atoms with E-state index in [-0.39, 0.29) is 0 Å². The first kappa shape index (κ1) is 22.4. The third-order valence-electron chi connectivity index (χ3n) is 4.57. The Morgan fingerprint density at radius 2 is 1.31 bits per heavy atom. The van der Waals surface area contributed by atoms with Crippen molar-refractivity contribution in [2.45, 2.75) is 0 Å². The highest BCUT2D eigenvalue weighted by molar-refractivity contribution is 9.10. The van der Waals surface area contributed by atoms with Crippen LogP contribution in [0.2, 0.25) is 0 Å². The summed E-state index contributed by atoms with van der Waals surface area (Å²) in [5.74, 6) is 0. The van der Waals surface area contributed by atoms with Crippen molar-refractivity contribution >= 4 is 77.9 Å². The molecule has 0 atom stereocenters. The lowest BCUT2D eigenvalue weighted by atomic mass is 10.3. The zero-order valence-corrected chi connectivity index (χ0v) is 20.6. The van der Waals surface area contributed by atoms with Gasteiger partial charge in [-0.05, 0) is 73.0 Å². The Labute approximate surface area is 199 Å². The zero-order valence-electron chi connectivity index (χ0n) is 15.8. The van der Waals surface area contributed by atoms with E-state index in [0.717, 1.165) is 64.7 Å². The summed E-state index contributed by atoms with van der Waals surface area (Å²) >= 11 is 17.8. The van der Waals surface area contributed by atoms with Crippen molar-refractivity contribution in [1.29, 1.82) is 0 Å². The first-order valence-corrected chi connectivity index (χ1v) is 11.7. The Balaban J connectivity index is 1.33. The molecule has 0 unspecified atom stereocenters. The van der Waals surface area contributed by atoms with Gasteiger partial charge in [-0.15, -0.1) is 0 Å². The number of nitrogens with one attached hydrogen (secondary N) is 3. The fourth-order valence-corrected chi connectivity index (χ4v) is 4.00. The molecule has 0 radical (unpaired) electrons. The van der Waals surface area contributed by atoms with Crippen molar-refractivity contribution in [2.24, 2.45) is 0 Å². The quantitative estimate of drug-likeness (QED) is 0.468. The van der Waals surface area contributed by atoms with Crippen molar-refractivity contribution < 1.29 is 0 Å². The van der Waals surface area contributed by atoms with Gasteiger partial charge < -0.3 is 20.9 Å². The van der Waals surface area contributed by atoms with E-state index >= 15 is 0 Å². The molecule has 2 aromatic rings. The molecule has 1 aliphatic rings. The van der Waals surface area contributed by atoms with E-state index in [0.29, 0.717) is 5.11 Å². The Kier molecular flexibility index (Phi) is 8.68. The largest absolute Gasteiger partial charge is 0.361 e. The van der Waals surface area contributed by atoms with Gasteiger partial charge in [0.25, 0.3) is 0 Å². The Bertz CT molecular complexity index is 819. The summed E-state index contributed by atoms with van der Waals surface area (Å²) in [6, 6.07) is 16.0. The van der Waals surface area contributed by atoms with Crippen LogP contribution in [0.15, 0.2) is 57.5 Å². The number of thiocarbonyl (C=S) groups is 2. The summed E-state index contributed by atoms with van der Waals surface area (Å²) < 4.78 is 2.11. The minimum Gasteiger partial charge on any atom is -0.361 e. The summed E-state index contributed by atoms with van der Waals surface area (Å²) in [5.41, 5.74) is 1.99. The first-order valence-electron chi connectivity index (χ1n) is 9.34. The number of rotatable bonds is 5. The maximum Gasteiger partial charge on any atom is 0.173 e. The number of hydrogen-bond donors (Lipinski definition) is 3. The molecule has 3 rings (SSSR count). The van der Waals surface area contributed by atoms with E-state index < -0.39 is 0 Å². The van der Waals surface area contributed by atoms with Crippen LogP contribution in [0.5, 0.6) is 0 Å². The van der Waals surface area contributed by atoms with Crippen LogP contribution in [0, 0.1) is 0 Å². The van der Waals surface area contributed by atoms with Crippen molar-refractivity contribution in [1.82, 2.24) is 15.1 Å². The fraction of sp³-hybridized carbons (Fsp3) is 0.300. The Morgan fingerprint density at radius 1 is 0.793 bits per heavy atom. The van der Waals surface area contributed by atoms with Gasteiger partial charge in [0, 0.05) is 59.6 Å². The van der Waals surface area contributed by atoms with Gasteiger partial charge >= 0.3 is 0 Å². The molecule has 9 heteroatoms. The molecule has 5 nitrogen and oxygen atoms in total. The summed E-state index contributed by atoms with van der Waals surface area (Å²) in [7, 11) is 0. The average Bonchev–Trinajstić information content (AvgIpc) is 2.72. The van der Waals surface area contributed by atoms with Gasteiger partial charge in [-0.3, -0.25) is 4.90 Å². The van der Waals surface area contributed by atoms with Crippen LogP contribution >= 0.6 is 56.3 Å². The second-order valence-electron chi connectivity index (χ2n) is 6.65. The van der Waals surface area contributed by atoms with E-state index in [1.165, 1.54) is 0 Å². The van der Waals surface area contributed by atoms with Gasteiger partial charge in [0.15, 0.2) is 10.2 Å². The van der Waals surface area contributed by atoms with Gasteiger partial charge in [-0.2, -0.15) is 0 Å². The first-order chi connectivity index (χ1) is 14.0. The van der Waals surface area contributed by atoms with Gasteiger partial charge in [0.1, 0.15) is 0 Å². The number of halogens is 2. The van der Waals surface area contributed by atoms with E-state index in [2.05, 4.69) is 57.6 Å². The molecule has 2 aromatic carbocycles. The molecular formula is C20H23Br2N5S2. The maximum absolute atomic E-state index is 5.56. The van der Waals surface area contributed by atoms with Crippen LogP contribution in [0.1, 0.15) is 0 Å². The highest BCUT2D eigenvalue weighted by Crippen LogP contribution is 2.15. The molecule has 29 heavy (non-hydrogen) atoms. The van der Waals surface area contributed by atoms with Crippen LogP contribution in [-0.2, 0) is 0 Å². The average molecular weight is 557 g/mol. The molecule has 0 aromatic heterocycles. The third-order valence-corrected chi connectivity index (χ3v) is 6.23. The van der Waals surface area contributed by atoms with Crippen molar-refractivity contribution in [3.8, 4) is 0 Å². The highest BCUT2D eigenvalue weighted by atomic mass is 79.9. The van der Waals surface area contributed by atoms with E-state index in [1.807, 2.05) is 48.5 Å². The zero-order chi connectivity index (χ0) is 20.6. The molecule has 1 aliphatic heterocycles. The van der Waals surface area contributed by atoms with Crippen molar-refractivity contribution in [3.63, 3.8) is 0 Å². The lowest BCUT2D eigenvalue weighted by Crippen LogP contribution is -2.51. The van der Waals surface area contributed by atoms with Crippen LogP contribution in [0.3, 0.4) is 0 Å². The van der Waals surface area contributed by atoms with E-state index in [4.69, 9.17) is 24.4 Å².